The summed E-state index contributed by atoms with van der Waals surface area (Å²) in [5, 5.41) is 3.53. The molecule has 3 aliphatic rings. The molecular formula is C29H32N4O2. The van der Waals surface area contributed by atoms with Gasteiger partial charge in [-0.2, -0.15) is 0 Å². The van der Waals surface area contributed by atoms with E-state index in [9.17, 15) is 9.59 Å². The first-order valence-corrected chi connectivity index (χ1v) is 12.4. The van der Waals surface area contributed by atoms with Crippen molar-refractivity contribution in [1.82, 2.24) is 9.80 Å². The van der Waals surface area contributed by atoms with Crippen LogP contribution in [-0.4, -0.2) is 34.7 Å². The van der Waals surface area contributed by atoms with Gasteiger partial charge in [-0.15, -0.1) is 0 Å². The fourth-order valence-corrected chi connectivity index (χ4v) is 5.30. The number of nitrogens with two attached hydrogens (primary N) is 1. The van der Waals surface area contributed by atoms with Crippen LogP contribution in [-0.2, 0) is 16.1 Å². The number of rotatable bonds is 5. The zero-order chi connectivity index (χ0) is 24.4. The Morgan fingerprint density at radius 1 is 1.00 bits per heavy atom. The number of carbonyl (C=O) groups excluding carboxylic acids is 2. The first-order chi connectivity index (χ1) is 17.0. The lowest BCUT2D eigenvalue weighted by Crippen LogP contribution is -2.29. The summed E-state index contributed by atoms with van der Waals surface area (Å²) in [6, 6.07) is 18.2. The van der Waals surface area contributed by atoms with Crippen LogP contribution in [0.15, 0.2) is 83.7 Å². The summed E-state index contributed by atoms with van der Waals surface area (Å²) in [6.45, 7) is 4.71. The molecule has 2 heterocycles. The number of hydrogen-bond donors (Lipinski definition) is 2. The van der Waals surface area contributed by atoms with Gasteiger partial charge in [-0.25, -0.2) is 0 Å². The minimum atomic E-state index is -0.287. The molecule has 5 rings (SSSR count). The van der Waals surface area contributed by atoms with E-state index in [1.54, 1.807) is 12.2 Å². The van der Waals surface area contributed by atoms with E-state index >= 15 is 0 Å². The van der Waals surface area contributed by atoms with Crippen LogP contribution in [0.3, 0.4) is 0 Å². The molecule has 1 aliphatic carbocycles. The zero-order valence-electron chi connectivity index (χ0n) is 20.2. The quantitative estimate of drug-likeness (QED) is 0.626. The Morgan fingerprint density at radius 3 is 2.40 bits per heavy atom. The number of benzene rings is 2. The average Bonchev–Trinajstić information content (AvgIpc) is 3.15. The van der Waals surface area contributed by atoms with E-state index in [1.165, 1.54) is 36.6 Å². The minimum absolute atomic E-state index is 0.266. The third-order valence-corrected chi connectivity index (χ3v) is 7.03. The molecule has 2 saturated heterocycles. The third kappa shape index (κ3) is 4.80. The molecule has 35 heavy (non-hydrogen) atoms. The number of nitrogens with zero attached hydrogens (tertiary/aromatic N) is 2. The lowest BCUT2D eigenvalue weighted by atomic mass is 9.88. The molecule has 0 saturated carbocycles. The molecule has 6 nitrogen and oxygen atoms in total. The normalized spacial score (nSPS) is 21.8. The monoisotopic (exact) mass is 468 g/mol. The van der Waals surface area contributed by atoms with Crippen molar-refractivity contribution in [3.63, 3.8) is 0 Å². The SMILES string of the molecule is CC(=O)N1C(=O)/C(=C(\Nc2ccc(CN3CCCCC3)cc2)c2ccccc2)C2CC(N)=CC=C21. The topological polar surface area (TPSA) is 78.7 Å². The summed E-state index contributed by atoms with van der Waals surface area (Å²) in [4.78, 5) is 29.8. The number of allylic oxidation sites excluding steroid dienone is 4. The van der Waals surface area contributed by atoms with Crippen molar-refractivity contribution >= 4 is 23.2 Å². The maximum absolute atomic E-state index is 13.6. The smallest absolute Gasteiger partial charge is 0.263 e. The lowest BCUT2D eigenvalue weighted by molar-refractivity contribution is -0.137. The molecule has 0 aromatic heterocycles. The van der Waals surface area contributed by atoms with Crippen molar-refractivity contribution in [3.8, 4) is 0 Å². The van der Waals surface area contributed by atoms with Crippen molar-refractivity contribution in [2.24, 2.45) is 11.7 Å². The molecule has 2 aromatic carbocycles. The average molecular weight is 469 g/mol. The Bertz CT molecular complexity index is 1210. The molecule has 0 bridgehead atoms. The predicted octanol–water partition coefficient (Wildman–Crippen LogP) is 4.63. The minimum Gasteiger partial charge on any atom is -0.402 e. The van der Waals surface area contributed by atoms with Crippen molar-refractivity contribution in [1.29, 1.82) is 0 Å². The largest absolute Gasteiger partial charge is 0.402 e. The van der Waals surface area contributed by atoms with E-state index in [-0.39, 0.29) is 17.7 Å². The summed E-state index contributed by atoms with van der Waals surface area (Å²) in [5.74, 6) is -0.841. The lowest BCUT2D eigenvalue weighted by Gasteiger charge is -2.26. The van der Waals surface area contributed by atoms with Gasteiger partial charge in [-0.3, -0.25) is 19.4 Å². The van der Waals surface area contributed by atoms with Crippen LogP contribution in [0.5, 0.6) is 0 Å². The van der Waals surface area contributed by atoms with Gasteiger partial charge in [-0.05, 0) is 67.8 Å². The number of amides is 2. The van der Waals surface area contributed by atoms with Gasteiger partial charge in [0.1, 0.15) is 0 Å². The molecule has 180 valence electrons. The van der Waals surface area contributed by atoms with E-state index in [0.29, 0.717) is 29.1 Å². The number of hydrogen-bond acceptors (Lipinski definition) is 5. The van der Waals surface area contributed by atoms with Crippen LogP contribution in [0.1, 0.15) is 43.7 Å². The number of carbonyl (C=O) groups is 2. The molecule has 2 aromatic rings. The first kappa shape index (κ1) is 23.1. The third-order valence-electron chi connectivity index (χ3n) is 7.03. The fraction of sp³-hybridized carbons (Fsp3) is 0.310. The number of nitrogens with one attached hydrogen (secondary N) is 1. The Hall–Kier alpha value is -3.64. The van der Waals surface area contributed by atoms with E-state index in [2.05, 4.69) is 34.5 Å². The number of imide groups is 1. The molecule has 1 atom stereocenters. The molecule has 3 N–H and O–H groups in total. The van der Waals surface area contributed by atoms with Gasteiger partial charge in [0.25, 0.3) is 5.91 Å². The van der Waals surface area contributed by atoms with Gasteiger partial charge in [0, 0.05) is 36.5 Å². The van der Waals surface area contributed by atoms with Gasteiger partial charge in [0.2, 0.25) is 5.91 Å². The zero-order valence-corrected chi connectivity index (χ0v) is 20.2. The highest BCUT2D eigenvalue weighted by Crippen LogP contribution is 2.43. The van der Waals surface area contributed by atoms with Gasteiger partial charge < -0.3 is 11.1 Å². The summed E-state index contributed by atoms with van der Waals surface area (Å²) < 4.78 is 0. The highest BCUT2D eigenvalue weighted by molar-refractivity contribution is 6.14. The molecule has 0 spiro atoms. The van der Waals surface area contributed by atoms with E-state index in [1.807, 2.05) is 30.3 Å². The van der Waals surface area contributed by atoms with E-state index in [4.69, 9.17) is 5.73 Å². The van der Waals surface area contributed by atoms with Gasteiger partial charge >= 0.3 is 0 Å². The molecule has 2 amide bonds. The summed E-state index contributed by atoms with van der Waals surface area (Å²) in [5.41, 5.74) is 11.9. The van der Waals surface area contributed by atoms with Crippen molar-refractivity contribution in [3.05, 3.63) is 94.8 Å². The van der Waals surface area contributed by atoms with Crippen LogP contribution in [0.25, 0.3) is 5.70 Å². The van der Waals surface area contributed by atoms with E-state index < -0.39 is 0 Å². The Kier molecular flexibility index (Phi) is 6.55. The van der Waals surface area contributed by atoms with Gasteiger partial charge in [0.15, 0.2) is 0 Å². The van der Waals surface area contributed by atoms with Crippen LogP contribution in [0.2, 0.25) is 0 Å². The fourth-order valence-electron chi connectivity index (χ4n) is 5.30. The molecule has 6 heteroatoms. The molecule has 2 fully saturated rings. The number of fused-ring (bicyclic) bond motifs is 1. The standard InChI is InChI=1S/C29H32N4O2/c1-20(34)33-26-15-12-23(30)18-25(26)27(29(33)35)28(22-8-4-2-5-9-22)31-24-13-10-21(11-14-24)19-32-16-6-3-7-17-32/h2,4-5,8-15,25,31H,3,6-7,16-19,30H2,1H3/b28-27-. The Morgan fingerprint density at radius 2 is 1.71 bits per heavy atom. The first-order valence-electron chi connectivity index (χ1n) is 12.4. The number of anilines is 1. The molecular weight excluding hydrogens is 436 g/mol. The second-order valence-corrected chi connectivity index (χ2v) is 9.56. The molecule has 2 aliphatic heterocycles. The summed E-state index contributed by atoms with van der Waals surface area (Å²) in [6.07, 6.45) is 7.97. The molecule has 0 radical (unpaired) electrons. The van der Waals surface area contributed by atoms with Crippen molar-refractivity contribution in [2.75, 3.05) is 18.4 Å². The Balaban J connectivity index is 1.50. The van der Waals surface area contributed by atoms with Crippen molar-refractivity contribution < 1.29 is 9.59 Å². The van der Waals surface area contributed by atoms with E-state index in [0.717, 1.165) is 30.9 Å². The predicted molar refractivity (Wildman–Crippen MR) is 139 cm³/mol. The van der Waals surface area contributed by atoms with Crippen LogP contribution in [0, 0.1) is 5.92 Å². The summed E-state index contributed by atoms with van der Waals surface area (Å²) in [7, 11) is 0. The van der Waals surface area contributed by atoms with Crippen molar-refractivity contribution in [2.45, 2.75) is 39.2 Å². The van der Waals surface area contributed by atoms with Crippen LogP contribution in [0.4, 0.5) is 5.69 Å². The molecule has 1 unspecified atom stereocenters. The maximum atomic E-state index is 13.6. The van der Waals surface area contributed by atoms with Gasteiger partial charge in [-0.1, -0.05) is 48.9 Å². The highest BCUT2D eigenvalue weighted by Gasteiger charge is 2.44. The van der Waals surface area contributed by atoms with Gasteiger partial charge in [0.05, 0.1) is 11.3 Å². The maximum Gasteiger partial charge on any atom is 0.263 e. The summed E-state index contributed by atoms with van der Waals surface area (Å²) >= 11 is 0. The second kappa shape index (κ2) is 9.92. The second-order valence-electron chi connectivity index (χ2n) is 9.56. The Labute approximate surface area is 206 Å². The number of piperidine rings is 1. The number of likely N-dealkylation sites (tertiary alicyclic amines) is 2. The van der Waals surface area contributed by atoms with Crippen LogP contribution < -0.4 is 11.1 Å². The van der Waals surface area contributed by atoms with Crippen LogP contribution >= 0.6 is 0 Å². The highest BCUT2D eigenvalue weighted by atomic mass is 16.2.